The Labute approximate surface area is 186 Å². The largest absolute Gasteiger partial charge is 0.493 e. The van der Waals surface area contributed by atoms with E-state index in [4.69, 9.17) is 4.74 Å². The van der Waals surface area contributed by atoms with Crippen molar-refractivity contribution in [3.8, 4) is 5.75 Å². The molecule has 2 N–H and O–H groups in total. The van der Waals surface area contributed by atoms with E-state index < -0.39 is 14.6 Å². The molecule has 0 aliphatic heterocycles. The Kier molecular flexibility index (Phi) is 10.0. The molecule has 1 aliphatic carbocycles. The minimum absolute atomic E-state index is 0. The molecule has 1 aliphatic rings. The molecule has 1 aromatic carbocycles. The van der Waals surface area contributed by atoms with Crippen LogP contribution in [-0.4, -0.2) is 44.6 Å². The second-order valence-electron chi connectivity index (χ2n) is 7.92. The smallest absolute Gasteiger partial charge is 0.191 e. The van der Waals surface area contributed by atoms with Crippen LogP contribution in [0.1, 0.15) is 46.1 Å². The van der Waals surface area contributed by atoms with E-state index in [1.54, 1.807) is 20.8 Å². The Balaban J connectivity index is 0.00000392. The standard InChI is InChI=1S/C20H33N3O3S.HI/c1-5-21-19(22-12-13-27(24,25)20(2,3)4)23-14-17-8-6-7-9-18(17)26-15-16-10-11-16;/h6-9,16H,5,10-15H2,1-4H3,(H2,21,22,23);1H. The second-order valence-corrected chi connectivity index (χ2v) is 10.8. The quantitative estimate of drug-likeness (QED) is 0.295. The summed E-state index contributed by atoms with van der Waals surface area (Å²) in [5.41, 5.74) is 1.03. The van der Waals surface area contributed by atoms with E-state index in [2.05, 4.69) is 15.6 Å². The van der Waals surface area contributed by atoms with E-state index in [1.165, 1.54) is 12.8 Å². The highest BCUT2D eigenvalue weighted by molar-refractivity contribution is 14.0. The summed E-state index contributed by atoms with van der Waals surface area (Å²) in [6, 6.07) is 7.93. The van der Waals surface area contributed by atoms with Crippen LogP contribution in [0.5, 0.6) is 5.75 Å². The number of hydrogen-bond donors (Lipinski definition) is 2. The molecule has 0 unspecified atom stereocenters. The third kappa shape index (κ3) is 8.14. The Morgan fingerprint density at radius 1 is 1.21 bits per heavy atom. The van der Waals surface area contributed by atoms with Gasteiger partial charge in [-0.05, 0) is 52.5 Å². The van der Waals surface area contributed by atoms with Gasteiger partial charge in [0, 0.05) is 18.7 Å². The molecule has 6 nitrogen and oxygen atoms in total. The second kappa shape index (κ2) is 11.2. The van der Waals surface area contributed by atoms with Gasteiger partial charge in [0.25, 0.3) is 0 Å². The first-order valence-corrected chi connectivity index (χ1v) is 11.3. The van der Waals surface area contributed by atoms with E-state index >= 15 is 0 Å². The van der Waals surface area contributed by atoms with Gasteiger partial charge < -0.3 is 15.4 Å². The summed E-state index contributed by atoms with van der Waals surface area (Å²) in [4.78, 5) is 4.59. The topological polar surface area (TPSA) is 79.8 Å². The normalized spacial score (nSPS) is 14.9. The van der Waals surface area contributed by atoms with Crippen LogP contribution in [-0.2, 0) is 16.4 Å². The third-order valence-electron chi connectivity index (χ3n) is 4.49. The molecule has 0 bridgehead atoms. The number of halogens is 1. The average Bonchev–Trinajstić information content (AvgIpc) is 3.42. The van der Waals surface area contributed by atoms with E-state index in [0.29, 0.717) is 31.5 Å². The van der Waals surface area contributed by atoms with Gasteiger partial charge in [0.05, 0.1) is 23.7 Å². The maximum atomic E-state index is 12.2. The fraction of sp³-hybridized carbons (Fsp3) is 0.650. The molecule has 0 aromatic heterocycles. The van der Waals surface area contributed by atoms with Crippen molar-refractivity contribution in [2.45, 2.75) is 51.8 Å². The number of para-hydroxylation sites is 1. The van der Waals surface area contributed by atoms with E-state index in [0.717, 1.165) is 17.9 Å². The first kappa shape index (κ1) is 25.0. The number of rotatable bonds is 9. The minimum atomic E-state index is -3.16. The zero-order valence-corrected chi connectivity index (χ0v) is 20.5. The van der Waals surface area contributed by atoms with Gasteiger partial charge in [-0.2, -0.15) is 0 Å². The lowest BCUT2D eigenvalue weighted by Crippen LogP contribution is -2.41. The first-order valence-electron chi connectivity index (χ1n) is 9.68. The number of ether oxygens (including phenoxy) is 1. The predicted octanol–water partition coefficient (Wildman–Crippen LogP) is 3.36. The summed E-state index contributed by atoms with van der Waals surface area (Å²) < 4.78 is 29.6. The lowest BCUT2D eigenvalue weighted by molar-refractivity contribution is 0.297. The monoisotopic (exact) mass is 523 g/mol. The molecule has 0 heterocycles. The molecule has 0 spiro atoms. The van der Waals surface area contributed by atoms with E-state index in [-0.39, 0.29) is 29.7 Å². The van der Waals surface area contributed by atoms with Crippen LogP contribution in [0, 0.1) is 5.92 Å². The molecule has 2 rings (SSSR count). The SMILES string of the molecule is CCNC(=NCc1ccccc1OCC1CC1)NCCS(=O)(=O)C(C)(C)C.I. The number of benzene rings is 1. The summed E-state index contributed by atoms with van der Waals surface area (Å²) >= 11 is 0. The molecule has 1 aromatic rings. The van der Waals surface area contributed by atoms with Crippen molar-refractivity contribution < 1.29 is 13.2 Å². The molecule has 0 radical (unpaired) electrons. The number of sulfone groups is 1. The average molecular weight is 523 g/mol. The van der Waals surface area contributed by atoms with Gasteiger partial charge in [0.2, 0.25) is 0 Å². The Morgan fingerprint density at radius 3 is 2.50 bits per heavy atom. The highest BCUT2D eigenvalue weighted by Crippen LogP contribution is 2.30. The number of aliphatic imine (C=N–C) groups is 1. The van der Waals surface area contributed by atoms with Crippen LogP contribution in [0.15, 0.2) is 29.3 Å². The van der Waals surface area contributed by atoms with Gasteiger partial charge in [0.15, 0.2) is 15.8 Å². The van der Waals surface area contributed by atoms with Gasteiger partial charge in [-0.3, -0.25) is 0 Å². The summed E-state index contributed by atoms with van der Waals surface area (Å²) in [6.07, 6.45) is 2.51. The zero-order chi connectivity index (χ0) is 19.9. The van der Waals surface area contributed by atoms with Gasteiger partial charge in [-0.15, -0.1) is 24.0 Å². The highest BCUT2D eigenvalue weighted by atomic mass is 127. The van der Waals surface area contributed by atoms with Crippen molar-refractivity contribution in [1.82, 2.24) is 10.6 Å². The fourth-order valence-corrected chi connectivity index (χ4v) is 3.37. The van der Waals surface area contributed by atoms with Crippen LogP contribution in [0.3, 0.4) is 0 Å². The van der Waals surface area contributed by atoms with E-state index in [9.17, 15) is 8.42 Å². The lowest BCUT2D eigenvalue weighted by Gasteiger charge is -2.20. The van der Waals surface area contributed by atoms with Gasteiger partial charge >= 0.3 is 0 Å². The number of hydrogen-bond acceptors (Lipinski definition) is 4. The molecule has 0 amide bonds. The molecule has 160 valence electrons. The molecule has 8 heteroatoms. The van der Waals surface area contributed by atoms with Gasteiger partial charge in [-0.25, -0.2) is 13.4 Å². The Morgan fingerprint density at radius 2 is 1.89 bits per heavy atom. The van der Waals surface area contributed by atoms with Crippen LogP contribution in [0.2, 0.25) is 0 Å². The summed E-state index contributed by atoms with van der Waals surface area (Å²) in [5.74, 6) is 2.25. The molecule has 1 fully saturated rings. The zero-order valence-electron chi connectivity index (χ0n) is 17.3. The van der Waals surface area contributed by atoms with Crippen LogP contribution in [0.4, 0.5) is 0 Å². The van der Waals surface area contributed by atoms with Crippen LogP contribution < -0.4 is 15.4 Å². The number of guanidine groups is 1. The van der Waals surface area contributed by atoms with Crippen molar-refractivity contribution in [3.05, 3.63) is 29.8 Å². The first-order chi connectivity index (χ1) is 12.7. The maximum absolute atomic E-state index is 12.2. The predicted molar refractivity (Wildman–Crippen MR) is 126 cm³/mol. The summed E-state index contributed by atoms with van der Waals surface area (Å²) in [6.45, 7) is 9.42. The minimum Gasteiger partial charge on any atom is -0.493 e. The lowest BCUT2D eigenvalue weighted by atomic mass is 10.2. The highest BCUT2D eigenvalue weighted by Gasteiger charge is 2.28. The third-order valence-corrected chi connectivity index (χ3v) is 7.10. The van der Waals surface area contributed by atoms with Crippen molar-refractivity contribution in [2.24, 2.45) is 10.9 Å². The number of nitrogens with zero attached hydrogens (tertiary/aromatic N) is 1. The number of nitrogens with one attached hydrogen (secondary N) is 2. The molecular formula is C20H34IN3O3S. The van der Waals surface area contributed by atoms with Crippen molar-refractivity contribution in [2.75, 3.05) is 25.4 Å². The summed E-state index contributed by atoms with van der Waals surface area (Å²) in [7, 11) is -3.16. The van der Waals surface area contributed by atoms with Crippen molar-refractivity contribution in [3.63, 3.8) is 0 Å². The molecular weight excluding hydrogens is 489 g/mol. The maximum Gasteiger partial charge on any atom is 0.191 e. The van der Waals surface area contributed by atoms with Crippen molar-refractivity contribution in [1.29, 1.82) is 0 Å². The van der Waals surface area contributed by atoms with Crippen LogP contribution >= 0.6 is 24.0 Å². The summed E-state index contributed by atoms with van der Waals surface area (Å²) in [5, 5.41) is 6.28. The van der Waals surface area contributed by atoms with Gasteiger partial charge in [0.1, 0.15) is 5.75 Å². The molecule has 0 saturated heterocycles. The molecule has 1 saturated carbocycles. The Hall–Kier alpha value is -1.03. The van der Waals surface area contributed by atoms with E-state index in [1.807, 2.05) is 31.2 Å². The van der Waals surface area contributed by atoms with Crippen molar-refractivity contribution >= 4 is 39.8 Å². The van der Waals surface area contributed by atoms with Crippen LogP contribution in [0.25, 0.3) is 0 Å². The Bertz CT molecular complexity index is 741. The fourth-order valence-electron chi connectivity index (χ4n) is 2.38. The van der Waals surface area contributed by atoms with Gasteiger partial charge in [-0.1, -0.05) is 18.2 Å². The molecule has 0 atom stereocenters. The molecule has 28 heavy (non-hydrogen) atoms.